The van der Waals surface area contributed by atoms with Crippen LogP contribution in [-0.4, -0.2) is 36.7 Å². The van der Waals surface area contributed by atoms with Crippen LogP contribution in [0.25, 0.3) is 11.1 Å². The molecule has 0 aliphatic carbocycles. The van der Waals surface area contributed by atoms with Crippen molar-refractivity contribution in [2.75, 3.05) is 20.3 Å². The average Bonchev–Trinajstić information content (AvgIpc) is 3.34. The van der Waals surface area contributed by atoms with E-state index in [-0.39, 0.29) is 58.7 Å². The second-order valence-corrected chi connectivity index (χ2v) is 9.12. The molecule has 10 heteroatoms. The zero-order valence-corrected chi connectivity index (χ0v) is 22.6. The van der Waals surface area contributed by atoms with Crippen molar-refractivity contribution in [1.29, 1.82) is 0 Å². The molecule has 3 aromatic rings. The van der Waals surface area contributed by atoms with Gasteiger partial charge in [0.2, 0.25) is 11.3 Å². The second-order valence-electron chi connectivity index (χ2n) is 9.12. The predicted molar refractivity (Wildman–Crippen MR) is 142 cm³/mol. The van der Waals surface area contributed by atoms with Gasteiger partial charge in [0, 0.05) is 19.2 Å². The lowest BCUT2D eigenvalue weighted by Crippen LogP contribution is -2.11. The average molecular weight is 549 g/mol. The minimum atomic E-state index is -4.84. The number of aryl methyl sites for hydroxylation is 1. The van der Waals surface area contributed by atoms with Crippen molar-refractivity contribution in [3.05, 3.63) is 64.8 Å². The van der Waals surface area contributed by atoms with Gasteiger partial charge in [-0.1, -0.05) is 32.1 Å². The fourth-order valence-corrected chi connectivity index (χ4v) is 4.12. The second kappa shape index (κ2) is 12.9. The number of ether oxygens (including phenoxy) is 2. The summed E-state index contributed by atoms with van der Waals surface area (Å²) >= 11 is 0. The summed E-state index contributed by atoms with van der Waals surface area (Å²) in [7, 11) is 1.65. The molecule has 3 rings (SSSR count). The summed E-state index contributed by atoms with van der Waals surface area (Å²) in [6.07, 6.45) is 0.645. The Morgan fingerprint density at radius 3 is 2.41 bits per heavy atom. The van der Waals surface area contributed by atoms with Crippen molar-refractivity contribution in [2.24, 2.45) is 4.99 Å². The van der Waals surface area contributed by atoms with Gasteiger partial charge in [0.25, 0.3) is 0 Å². The first-order valence-corrected chi connectivity index (χ1v) is 12.7. The van der Waals surface area contributed by atoms with Gasteiger partial charge >= 0.3 is 12.1 Å². The van der Waals surface area contributed by atoms with E-state index < -0.39 is 17.9 Å². The van der Waals surface area contributed by atoms with Crippen LogP contribution >= 0.6 is 0 Å². The van der Waals surface area contributed by atoms with Crippen molar-refractivity contribution in [3.8, 4) is 11.5 Å². The van der Waals surface area contributed by atoms with Crippen LogP contribution in [0, 0.1) is 12.7 Å². The largest absolute Gasteiger partial charge is 0.488 e. The van der Waals surface area contributed by atoms with Crippen LogP contribution in [0.4, 0.5) is 17.6 Å². The van der Waals surface area contributed by atoms with Gasteiger partial charge in [0.05, 0.1) is 18.8 Å². The number of hydrogen-bond acceptors (Lipinski definition) is 6. The number of aromatic nitrogens is 1. The fourth-order valence-electron chi connectivity index (χ4n) is 4.12. The Labute approximate surface area is 224 Å². The van der Waals surface area contributed by atoms with Crippen LogP contribution in [0.3, 0.4) is 0 Å². The Morgan fingerprint density at radius 1 is 1.15 bits per heavy atom. The number of fused-ring (bicyclic) bond motifs is 1. The van der Waals surface area contributed by atoms with Crippen LogP contribution in [0.1, 0.15) is 73.3 Å². The maximum atomic E-state index is 13.5. The zero-order valence-electron chi connectivity index (χ0n) is 22.6. The van der Waals surface area contributed by atoms with Gasteiger partial charge in [0.1, 0.15) is 11.3 Å². The van der Waals surface area contributed by atoms with Crippen LogP contribution < -0.4 is 9.47 Å². The molecule has 39 heavy (non-hydrogen) atoms. The van der Waals surface area contributed by atoms with E-state index >= 15 is 0 Å². The summed E-state index contributed by atoms with van der Waals surface area (Å²) in [5, 5.41) is 0. The van der Waals surface area contributed by atoms with Gasteiger partial charge in [-0.05, 0) is 61.9 Å². The Morgan fingerprint density at radius 2 is 1.82 bits per heavy atom. The molecule has 6 nitrogen and oxygen atoms in total. The number of allylic oxidation sites excluding steroid dienone is 2. The standard InChI is InChI=1S/C29H32F4N2O4/c1-6-7-8-22(34-5)14-16-37-25-23(19(4)36)18(3)24-26(39-28(35-24)29(31,32)33)27(25)38-15-13-17(2)20-9-11-21(30)12-10-20/h7-12,17H,6,13-16H2,1-5H3/b8-7-,34-22?. The first-order chi connectivity index (χ1) is 18.5. The van der Waals surface area contributed by atoms with E-state index in [0.29, 0.717) is 12.8 Å². The number of rotatable bonds is 12. The lowest BCUT2D eigenvalue weighted by atomic mass is 9.98. The van der Waals surface area contributed by atoms with Gasteiger partial charge in [0.15, 0.2) is 11.5 Å². The Balaban J connectivity index is 2.01. The molecular weight excluding hydrogens is 516 g/mol. The lowest BCUT2D eigenvalue weighted by Gasteiger charge is -2.19. The van der Waals surface area contributed by atoms with Gasteiger partial charge in [-0.15, -0.1) is 0 Å². The van der Waals surface area contributed by atoms with E-state index in [1.54, 1.807) is 19.2 Å². The van der Waals surface area contributed by atoms with Crippen LogP contribution in [0.15, 0.2) is 45.8 Å². The van der Waals surface area contributed by atoms with Crippen molar-refractivity contribution in [3.63, 3.8) is 0 Å². The minimum Gasteiger partial charge on any atom is -0.488 e. The molecule has 1 atom stereocenters. The molecule has 1 aromatic heterocycles. The highest BCUT2D eigenvalue weighted by atomic mass is 19.4. The molecule has 0 bridgehead atoms. The smallest absolute Gasteiger partial charge is 0.468 e. The molecule has 1 heterocycles. The molecular formula is C29H32F4N2O4. The Kier molecular flexibility index (Phi) is 9.88. The summed E-state index contributed by atoms with van der Waals surface area (Å²) in [6, 6.07) is 6.05. The van der Waals surface area contributed by atoms with Gasteiger partial charge < -0.3 is 13.9 Å². The van der Waals surface area contributed by atoms with Crippen LogP contribution in [0.5, 0.6) is 11.5 Å². The molecule has 0 saturated carbocycles. The first-order valence-electron chi connectivity index (χ1n) is 12.7. The number of carbonyl (C=O) groups is 1. The summed E-state index contributed by atoms with van der Waals surface area (Å²) in [5.74, 6) is -2.37. The van der Waals surface area contributed by atoms with E-state index in [0.717, 1.165) is 17.7 Å². The van der Waals surface area contributed by atoms with Gasteiger partial charge in [-0.2, -0.15) is 13.2 Å². The molecule has 0 spiro atoms. The number of ketones is 1. The molecule has 0 saturated heterocycles. The summed E-state index contributed by atoms with van der Waals surface area (Å²) in [5.41, 5.74) is 1.54. The maximum absolute atomic E-state index is 13.5. The Bertz CT molecular complexity index is 1360. The van der Waals surface area contributed by atoms with E-state index in [4.69, 9.17) is 13.9 Å². The molecule has 0 radical (unpaired) electrons. The third kappa shape index (κ3) is 7.25. The third-order valence-electron chi connectivity index (χ3n) is 6.27. The number of benzene rings is 2. The Hall–Kier alpha value is -3.69. The third-order valence-corrected chi connectivity index (χ3v) is 6.27. The molecule has 0 amide bonds. The van der Waals surface area contributed by atoms with Gasteiger partial charge in [-0.25, -0.2) is 9.37 Å². The summed E-state index contributed by atoms with van der Waals surface area (Å²) < 4.78 is 71.0. The highest BCUT2D eigenvalue weighted by Crippen LogP contribution is 2.44. The SMILES string of the molecule is CC/C=C\C(CCOc1c(C(C)=O)c(C)c2nc(C(F)(F)F)oc2c1OCCC(C)c1ccc(F)cc1)=NC. The first kappa shape index (κ1) is 29.9. The van der Waals surface area contributed by atoms with Crippen molar-refractivity contribution in [2.45, 2.75) is 59.1 Å². The predicted octanol–water partition coefficient (Wildman–Crippen LogP) is 7.88. The van der Waals surface area contributed by atoms with Crippen molar-refractivity contribution >= 4 is 22.6 Å². The van der Waals surface area contributed by atoms with E-state index in [1.165, 1.54) is 26.0 Å². The molecule has 1 unspecified atom stereocenters. The molecule has 0 fully saturated rings. The summed E-state index contributed by atoms with van der Waals surface area (Å²) in [4.78, 5) is 20.5. The zero-order chi connectivity index (χ0) is 28.7. The number of alkyl halides is 3. The molecule has 0 N–H and O–H groups in total. The van der Waals surface area contributed by atoms with Gasteiger partial charge in [-0.3, -0.25) is 9.79 Å². The van der Waals surface area contributed by atoms with Crippen LogP contribution in [-0.2, 0) is 6.18 Å². The number of oxazole rings is 1. The highest BCUT2D eigenvalue weighted by Gasteiger charge is 2.39. The topological polar surface area (TPSA) is 73.9 Å². The summed E-state index contributed by atoms with van der Waals surface area (Å²) in [6.45, 7) is 6.87. The molecule has 0 aliphatic heterocycles. The number of carbonyl (C=O) groups excluding carboxylic acids is 1. The number of Topliss-reactive ketones (excluding diaryl/α,β-unsaturated/α-hetero) is 1. The highest BCUT2D eigenvalue weighted by molar-refractivity contribution is 6.05. The van der Waals surface area contributed by atoms with Crippen molar-refractivity contribution < 1.29 is 36.2 Å². The molecule has 210 valence electrons. The van der Waals surface area contributed by atoms with Crippen molar-refractivity contribution in [1.82, 2.24) is 4.98 Å². The number of hydrogen-bond donors (Lipinski definition) is 0. The van der Waals surface area contributed by atoms with E-state index in [1.807, 2.05) is 26.0 Å². The van der Waals surface area contributed by atoms with Crippen LogP contribution in [0.2, 0.25) is 0 Å². The normalized spacial score (nSPS) is 13.3. The monoisotopic (exact) mass is 548 g/mol. The van der Waals surface area contributed by atoms with E-state index in [9.17, 15) is 22.4 Å². The number of halogens is 4. The number of aliphatic imine (C=N–C) groups is 1. The molecule has 2 aromatic carbocycles. The lowest BCUT2D eigenvalue weighted by molar-refractivity contribution is -0.156. The molecule has 0 aliphatic rings. The number of nitrogens with zero attached hydrogens (tertiary/aromatic N) is 2. The van der Waals surface area contributed by atoms with E-state index in [2.05, 4.69) is 9.98 Å². The minimum absolute atomic E-state index is 0.00161. The quantitative estimate of drug-likeness (QED) is 0.131. The fraction of sp³-hybridized carbons (Fsp3) is 0.414. The maximum Gasteiger partial charge on any atom is 0.468 e.